The van der Waals surface area contributed by atoms with E-state index < -0.39 is 0 Å². The molecule has 4 aromatic rings. The van der Waals surface area contributed by atoms with Crippen LogP contribution in [-0.4, -0.2) is 52.8 Å². The summed E-state index contributed by atoms with van der Waals surface area (Å²) < 4.78 is 7.36. The Morgan fingerprint density at radius 2 is 1.62 bits per heavy atom. The lowest BCUT2D eigenvalue weighted by molar-refractivity contribution is 0.414. The first-order chi connectivity index (χ1) is 17.6. The van der Waals surface area contributed by atoms with Gasteiger partial charge in [-0.3, -0.25) is 0 Å². The van der Waals surface area contributed by atoms with Crippen molar-refractivity contribution in [3.8, 4) is 5.75 Å². The number of fused-ring (bicyclic) bond motifs is 1. The molecule has 1 N–H and O–H groups in total. The molecule has 1 aliphatic heterocycles. The van der Waals surface area contributed by atoms with E-state index >= 15 is 0 Å². The highest BCUT2D eigenvalue weighted by molar-refractivity contribution is 5.87. The largest absolute Gasteiger partial charge is 0.497 e. The van der Waals surface area contributed by atoms with Gasteiger partial charge in [0, 0.05) is 44.6 Å². The third-order valence-corrected chi connectivity index (χ3v) is 7.22. The van der Waals surface area contributed by atoms with Gasteiger partial charge in [-0.25, -0.2) is 4.98 Å². The molecule has 0 radical (unpaired) electrons. The van der Waals surface area contributed by atoms with Gasteiger partial charge in [0.2, 0.25) is 5.95 Å². The Morgan fingerprint density at radius 3 is 2.30 bits per heavy atom. The van der Waals surface area contributed by atoms with Gasteiger partial charge in [0.05, 0.1) is 13.4 Å². The summed E-state index contributed by atoms with van der Waals surface area (Å²) in [6.45, 7) is 14.4. The number of nitrogens with one attached hydrogen (secondary N) is 1. The summed E-state index contributed by atoms with van der Waals surface area (Å²) in [7, 11) is 3.69. The molecule has 194 valence electrons. The maximum atomic E-state index is 5.38. The van der Waals surface area contributed by atoms with Crippen LogP contribution in [-0.2, 0) is 12.5 Å². The second-order valence-electron chi connectivity index (χ2n) is 10.9. The fourth-order valence-corrected chi connectivity index (χ4v) is 4.88. The summed E-state index contributed by atoms with van der Waals surface area (Å²) >= 11 is 0. The van der Waals surface area contributed by atoms with E-state index in [4.69, 9.17) is 14.7 Å². The Morgan fingerprint density at radius 1 is 0.892 bits per heavy atom. The van der Waals surface area contributed by atoms with E-state index in [0.717, 1.165) is 49.0 Å². The van der Waals surface area contributed by atoms with E-state index in [1.165, 1.54) is 22.4 Å². The fourth-order valence-electron chi connectivity index (χ4n) is 4.88. The number of piperazine rings is 1. The Labute approximate surface area is 219 Å². The summed E-state index contributed by atoms with van der Waals surface area (Å²) in [6, 6.07) is 12.9. The minimum absolute atomic E-state index is 0.0602. The minimum Gasteiger partial charge on any atom is -0.497 e. The molecular weight excluding hydrogens is 462 g/mol. The van der Waals surface area contributed by atoms with Crippen molar-refractivity contribution in [3.05, 3.63) is 59.4 Å². The van der Waals surface area contributed by atoms with Crippen molar-refractivity contribution < 1.29 is 4.74 Å². The maximum Gasteiger partial charge on any atom is 0.229 e. The average Bonchev–Trinajstić information content (AvgIpc) is 3.25. The summed E-state index contributed by atoms with van der Waals surface area (Å²) in [5, 5.41) is 3.63. The highest BCUT2D eigenvalue weighted by atomic mass is 16.5. The molecule has 0 unspecified atom stereocenters. The minimum atomic E-state index is 0.0602. The van der Waals surface area contributed by atoms with Crippen molar-refractivity contribution in [2.75, 3.05) is 48.4 Å². The number of anilines is 4. The van der Waals surface area contributed by atoms with Crippen LogP contribution in [0, 0.1) is 13.8 Å². The Kier molecular flexibility index (Phi) is 6.43. The molecule has 0 spiro atoms. The lowest BCUT2D eigenvalue weighted by Gasteiger charge is -2.37. The van der Waals surface area contributed by atoms with Crippen LogP contribution in [0.4, 0.5) is 23.1 Å². The second-order valence-corrected chi connectivity index (χ2v) is 10.9. The number of imidazole rings is 1. The first kappa shape index (κ1) is 24.9. The first-order valence-corrected chi connectivity index (χ1v) is 12.9. The molecule has 8 nitrogen and oxygen atoms in total. The van der Waals surface area contributed by atoms with Crippen molar-refractivity contribution >= 4 is 34.3 Å². The third kappa shape index (κ3) is 4.92. The van der Waals surface area contributed by atoms with Gasteiger partial charge < -0.3 is 24.4 Å². The van der Waals surface area contributed by atoms with Gasteiger partial charge in [-0.15, -0.1) is 0 Å². The number of ether oxygens (including phenoxy) is 1. The van der Waals surface area contributed by atoms with Crippen molar-refractivity contribution in [3.63, 3.8) is 0 Å². The van der Waals surface area contributed by atoms with Gasteiger partial charge >= 0.3 is 0 Å². The Bertz CT molecular complexity index is 1430. The van der Waals surface area contributed by atoms with Gasteiger partial charge in [-0.2, -0.15) is 9.97 Å². The standard InChI is InChI=1S/C29H37N7O/c1-19-8-9-21(29(3,4)5)17-23(19)31-27-25-26(30-18-34(25)6)32-28(33-27)36-14-12-35(13-15-36)24-11-10-22(37-7)16-20(24)2/h8-11,16-18H,12-15H2,1-7H3,(H,31,32,33). The van der Waals surface area contributed by atoms with E-state index in [9.17, 15) is 0 Å². The number of hydrogen-bond acceptors (Lipinski definition) is 7. The van der Waals surface area contributed by atoms with E-state index in [-0.39, 0.29) is 5.41 Å². The molecule has 3 heterocycles. The number of rotatable bonds is 5. The molecular formula is C29H37N7O. The Balaban J connectivity index is 1.42. The molecule has 1 fully saturated rings. The molecule has 0 amide bonds. The zero-order valence-electron chi connectivity index (χ0n) is 23.0. The van der Waals surface area contributed by atoms with Gasteiger partial charge in [0.15, 0.2) is 11.5 Å². The van der Waals surface area contributed by atoms with Crippen LogP contribution in [0.2, 0.25) is 0 Å². The predicted molar refractivity (Wildman–Crippen MR) is 152 cm³/mol. The monoisotopic (exact) mass is 499 g/mol. The van der Waals surface area contributed by atoms with Crippen molar-refractivity contribution in [1.29, 1.82) is 0 Å². The molecule has 0 saturated carbocycles. The van der Waals surface area contributed by atoms with E-state index in [0.29, 0.717) is 11.6 Å². The fraction of sp³-hybridized carbons (Fsp3) is 0.414. The van der Waals surface area contributed by atoms with Gasteiger partial charge in [0.1, 0.15) is 11.3 Å². The summed E-state index contributed by atoms with van der Waals surface area (Å²) in [4.78, 5) is 19.1. The summed E-state index contributed by atoms with van der Waals surface area (Å²) in [6.07, 6.45) is 1.80. The molecule has 5 rings (SSSR count). The van der Waals surface area contributed by atoms with E-state index in [1.54, 1.807) is 13.4 Å². The SMILES string of the molecule is COc1ccc(N2CCN(c3nc(Nc4cc(C(C)(C)C)ccc4C)c4c(ncn4C)n3)CC2)c(C)c1. The lowest BCUT2D eigenvalue weighted by Crippen LogP contribution is -2.47. The van der Waals surface area contributed by atoms with Crippen molar-refractivity contribution in [1.82, 2.24) is 19.5 Å². The number of benzene rings is 2. The highest BCUT2D eigenvalue weighted by Crippen LogP contribution is 2.32. The van der Waals surface area contributed by atoms with Crippen molar-refractivity contribution in [2.45, 2.75) is 40.0 Å². The average molecular weight is 500 g/mol. The first-order valence-electron chi connectivity index (χ1n) is 12.9. The van der Waals surface area contributed by atoms with Crippen LogP contribution in [0.5, 0.6) is 5.75 Å². The third-order valence-electron chi connectivity index (χ3n) is 7.22. The molecule has 0 bridgehead atoms. The Hall–Kier alpha value is -3.81. The van der Waals surface area contributed by atoms with Crippen molar-refractivity contribution in [2.24, 2.45) is 7.05 Å². The van der Waals surface area contributed by atoms with Crippen LogP contribution in [0.25, 0.3) is 11.2 Å². The molecule has 1 saturated heterocycles. The quantitative estimate of drug-likeness (QED) is 0.397. The second kappa shape index (κ2) is 9.57. The van der Waals surface area contributed by atoms with Gasteiger partial charge in [0.25, 0.3) is 0 Å². The number of aryl methyl sites for hydroxylation is 3. The highest BCUT2D eigenvalue weighted by Gasteiger charge is 2.23. The van der Waals surface area contributed by atoms with Crippen LogP contribution in [0.15, 0.2) is 42.7 Å². The van der Waals surface area contributed by atoms with Crippen LogP contribution in [0.1, 0.15) is 37.5 Å². The van der Waals surface area contributed by atoms with Gasteiger partial charge in [-0.05, 0) is 60.2 Å². The number of nitrogens with zero attached hydrogens (tertiary/aromatic N) is 6. The topological polar surface area (TPSA) is 71.3 Å². The van der Waals surface area contributed by atoms with E-state index in [1.807, 2.05) is 17.7 Å². The number of aromatic nitrogens is 4. The van der Waals surface area contributed by atoms with Crippen LogP contribution < -0.4 is 19.9 Å². The normalized spacial score (nSPS) is 14.4. The molecule has 1 aliphatic rings. The molecule has 8 heteroatoms. The number of hydrogen-bond donors (Lipinski definition) is 1. The number of methoxy groups -OCH3 is 1. The molecule has 37 heavy (non-hydrogen) atoms. The smallest absolute Gasteiger partial charge is 0.229 e. The van der Waals surface area contributed by atoms with E-state index in [2.05, 4.69) is 85.1 Å². The summed E-state index contributed by atoms with van der Waals surface area (Å²) in [5.41, 5.74) is 7.64. The predicted octanol–water partition coefficient (Wildman–Crippen LogP) is 5.36. The van der Waals surface area contributed by atoms with Crippen LogP contribution >= 0.6 is 0 Å². The zero-order chi connectivity index (χ0) is 26.3. The van der Waals surface area contributed by atoms with Gasteiger partial charge in [-0.1, -0.05) is 32.9 Å². The van der Waals surface area contributed by atoms with Crippen LogP contribution in [0.3, 0.4) is 0 Å². The molecule has 2 aromatic carbocycles. The summed E-state index contributed by atoms with van der Waals surface area (Å²) in [5.74, 6) is 2.38. The zero-order valence-corrected chi connectivity index (χ0v) is 23.0. The lowest BCUT2D eigenvalue weighted by atomic mass is 9.86. The molecule has 0 atom stereocenters. The molecule has 0 aliphatic carbocycles. The maximum absolute atomic E-state index is 5.38. The molecule has 2 aromatic heterocycles.